The summed E-state index contributed by atoms with van der Waals surface area (Å²) in [4.78, 5) is 17.2. The van der Waals surface area contributed by atoms with Crippen LogP contribution in [0.4, 0.5) is 11.6 Å². The summed E-state index contributed by atoms with van der Waals surface area (Å²) >= 11 is 0. The number of hydrogen-bond acceptors (Lipinski definition) is 5. The summed E-state index contributed by atoms with van der Waals surface area (Å²) < 4.78 is 2.22. The number of rotatable bonds is 4. The molecule has 0 radical (unpaired) electrons. The topological polar surface area (TPSA) is 50.1 Å². The number of aryl methyl sites for hydroxylation is 1. The molecule has 3 rings (SSSR count). The molecule has 6 nitrogen and oxygen atoms in total. The van der Waals surface area contributed by atoms with E-state index in [9.17, 15) is 0 Å². The highest BCUT2D eigenvalue weighted by atomic mass is 15.3. The van der Waals surface area contributed by atoms with E-state index in [0.29, 0.717) is 5.92 Å². The van der Waals surface area contributed by atoms with Gasteiger partial charge >= 0.3 is 0 Å². The van der Waals surface area contributed by atoms with Crippen LogP contribution in [0, 0.1) is 12.8 Å². The van der Waals surface area contributed by atoms with Crippen LogP contribution in [0.1, 0.15) is 5.82 Å². The maximum absolute atomic E-state index is 4.36. The Kier molecular flexibility index (Phi) is 3.30. The van der Waals surface area contributed by atoms with E-state index in [1.165, 1.54) is 0 Å². The van der Waals surface area contributed by atoms with Crippen LogP contribution in [0.15, 0.2) is 24.8 Å². The van der Waals surface area contributed by atoms with E-state index in [-0.39, 0.29) is 0 Å². The third-order valence-electron chi connectivity index (χ3n) is 3.76. The Morgan fingerprint density at radius 3 is 2.70 bits per heavy atom. The summed E-state index contributed by atoms with van der Waals surface area (Å²) in [7, 11) is 3.99. The summed E-state index contributed by atoms with van der Waals surface area (Å²) in [5, 5.41) is 0. The summed E-state index contributed by atoms with van der Waals surface area (Å²) in [6.07, 6.45) is 5.55. The summed E-state index contributed by atoms with van der Waals surface area (Å²) in [6.45, 7) is 5.17. The standard InChI is InChI=1S/C14H20N6/c1-11-15-4-5-19(11)7-12-8-20(9-12)14-6-13(18(2)3)16-10-17-14/h4-6,10,12H,7-9H2,1-3H3. The fraction of sp³-hybridized carbons (Fsp3) is 0.500. The van der Waals surface area contributed by atoms with Crippen molar-refractivity contribution in [2.45, 2.75) is 13.5 Å². The van der Waals surface area contributed by atoms with Crippen LogP contribution in [0.5, 0.6) is 0 Å². The summed E-state index contributed by atoms with van der Waals surface area (Å²) in [6, 6.07) is 2.04. The van der Waals surface area contributed by atoms with Gasteiger partial charge < -0.3 is 14.4 Å². The fourth-order valence-electron chi connectivity index (χ4n) is 2.50. The second-order valence-corrected chi connectivity index (χ2v) is 5.53. The van der Waals surface area contributed by atoms with E-state index in [1.54, 1.807) is 6.33 Å². The van der Waals surface area contributed by atoms with Crippen molar-refractivity contribution in [3.8, 4) is 0 Å². The maximum Gasteiger partial charge on any atom is 0.134 e. The molecule has 0 N–H and O–H groups in total. The van der Waals surface area contributed by atoms with E-state index in [4.69, 9.17) is 0 Å². The van der Waals surface area contributed by atoms with Crippen LogP contribution >= 0.6 is 0 Å². The van der Waals surface area contributed by atoms with Gasteiger partial charge in [0, 0.05) is 58.1 Å². The average Bonchev–Trinajstić information content (AvgIpc) is 2.79. The minimum atomic E-state index is 0.667. The number of anilines is 2. The molecule has 1 aliphatic rings. The normalized spacial score (nSPS) is 15.2. The predicted molar refractivity (Wildman–Crippen MR) is 79.0 cm³/mol. The lowest BCUT2D eigenvalue weighted by molar-refractivity contribution is 0.352. The predicted octanol–water partition coefficient (Wildman–Crippen LogP) is 1.18. The number of nitrogens with zero attached hydrogens (tertiary/aromatic N) is 6. The van der Waals surface area contributed by atoms with Crippen LogP contribution in [-0.4, -0.2) is 46.7 Å². The van der Waals surface area contributed by atoms with E-state index < -0.39 is 0 Å². The smallest absolute Gasteiger partial charge is 0.134 e. The zero-order chi connectivity index (χ0) is 14.1. The van der Waals surface area contributed by atoms with Gasteiger partial charge in [-0.05, 0) is 6.92 Å². The monoisotopic (exact) mass is 272 g/mol. The number of imidazole rings is 1. The van der Waals surface area contributed by atoms with Crippen molar-refractivity contribution < 1.29 is 0 Å². The third-order valence-corrected chi connectivity index (χ3v) is 3.76. The molecule has 0 bridgehead atoms. The molecule has 0 aliphatic carbocycles. The van der Waals surface area contributed by atoms with E-state index in [2.05, 4.69) is 24.4 Å². The molecule has 0 amide bonds. The quantitative estimate of drug-likeness (QED) is 0.836. The lowest BCUT2D eigenvalue weighted by Crippen LogP contribution is -2.49. The Morgan fingerprint density at radius 2 is 2.05 bits per heavy atom. The lowest BCUT2D eigenvalue weighted by Gasteiger charge is -2.40. The van der Waals surface area contributed by atoms with Crippen LogP contribution in [-0.2, 0) is 6.54 Å². The molecular weight excluding hydrogens is 252 g/mol. The first-order chi connectivity index (χ1) is 9.63. The highest BCUT2D eigenvalue weighted by Crippen LogP contribution is 2.25. The van der Waals surface area contributed by atoms with Crippen molar-refractivity contribution in [3.63, 3.8) is 0 Å². The highest BCUT2D eigenvalue weighted by Gasteiger charge is 2.28. The van der Waals surface area contributed by atoms with Gasteiger partial charge in [0.15, 0.2) is 0 Å². The molecule has 6 heteroatoms. The maximum atomic E-state index is 4.36. The first-order valence-corrected chi connectivity index (χ1v) is 6.85. The largest absolute Gasteiger partial charge is 0.363 e. The van der Waals surface area contributed by atoms with Crippen LogP contribution in [0.2, 0.25) is 0 Å². The van der Waals surface area contributed by atoms with Gasteiger partial charge in [-0.3, -0.25) is 0 Å². The Bertz CT molecular complexity index is 585. The molecular formula is C14H20N6. The van der Waals surface area contributed by atoms with Gasteiger partial charge in [0.1, 0.15) is 23.8 Å². The van der Waals surface area contributed by atoms with Gasteiger partial charge in [0.2, 0.25) is 0 Å². The van der Waals surface area contributed by atoms with Gasteiger partial charge in [-0.1, -0.05) is 0 Å². The van der Waals surface area contributed by atoms with E-state index in [1.807, 2.05) is 44.4 Å². The van der Waals surface area contributed by atoms with Gasteiger partial charge in [-0.2, -0.15) is 0 Å². The van der Waals surface area contributed by atoms with Crippen molar-refractivity contribution in [2.75, 3.05) is 37.0 Å². The molecule has 20 heavy (non-hydrogen) atoms. The highest BCUT2D eigenvalue weighted by molar-refractivity contribution is 5.50. The third kappa shape index (κ3) is 2.45. The molecule has 0 unspecified atom stereocenters. The Labute approximate surface area is 119 Å². The molecule has 1 aliphatic heterocycles. The van der Waals surface area contributed by atoms with Crippen molar-refractivity contribution >= 4 is 11.6 Å². The van der Waals surface area contributed by atoms with Crippen LogP contribution in [0.3, 0.4) is 0 Å². The van der Waals surface area contributed by atoms with Crippen LogP contribution in [0.25, 0.3) is 0 Å². The van der Waals surface area contributed by atoms with Crippen molar-refractivity contribution in [3.05, 3.63) is 30.6 Å². The average molecular weight is 272 g/mol. The minimum absolute atomic E-state index is 0.667. The molecule has 0 spiro atoms. The van der Waals surface area contributed by atoms with Crippen LogP contribution < -0.4 is 9.80 Å². The van der Waals surface area contributed by atoms with Gasteiger partial charge in [0.25, 0.3) is 0 Å². The molecule has 2 aromatic heterocycles. The molecule has 0 aromatic carbocycles. The molecule has 106 valence electrons. The minimum Gasteiger partial charge on any atom is -0.363 e. The molecule has 1 saturated heterocycles. The van der Waals surface area contributed by atoms with Crippen molar-refractivity contribution in [2.24, 2.45) is 5.92 Å². The Hall–Kier alpha value is -2.11. The molecule has 3 heterocycles. The van der Waals surface area contributed by atoms with Gasteiger partial charge in [-0.25, -0.2) is 15.0 Å². The summed E-state index contributed by atoms with van der Waals surface area (Å²) in [5.74, 6) is 3.72. The SMILES string of the molecule is Cc1nccn1CC1CN(c2cc(N(C)C)ncn2)C1. The summed E-state index contributed by atoms with van der Waals surface area (Å²) in [5.41, 5.74) is 0. The van der Waals surface area contributed by atoms with E-state index >= 15 is 0 Å². The lowest BCUT2D eigenvalue weighted by atomic mass is 10.00. The van der Waals surface area contributed by atoms with Gasteiger partial charge in [0.05, 0.1) is 0 Å². The van der Waals surface area contributed by atoms with Crippen molar-refractivity contribution in [1.82, 2.24) is 19.5 Å². The second kappa shape index (κ2) is 5.11. The zero-order valence-corrected chi connectivity index (χ0v) is 12.2. The fourth-order valence-corrected chi connectivity index (χ4v) is 2.50. The second-order valence-electron chi connectivity index (χ2n) is 5.53. The van der Waals surface area contributed by atoms with Gasteiger partial charge in [-0.15, -0.1) is 0 Å². The Balaban J connectivity index is 1.60. The van der Waals surface area contributed by atoms with E-state index in [0.717, 1.165) is 37.1 Å². The molecule has 0 atom stereocenters. The molecule has 1 fully saturated rings. The molecule has 0 saturated carbocycles. The zero-order valence-electron chi connectivity index (χ0n) is 12.2. The first kappa shape index (κ1) is 12.9. The first-order valence-electron chi connectivity index (χ1n) is 6.85. The number of aromatic nitrogens is 4. The van der Waals surface area contributed by atoms with Crippen molar-refractivity contribution in [1.29, 1.82) is 0 Å². The Morgan fingerprint density at radius 1 is 1.25 bits per heavy atom. The number of hydrogen-bond donors (Lipinski definition) is 0. The molecule has 2 aromatic rings.